The van der Waals surface area contributed by atoms with Crippen molar-refractivity contribution in [2.24, 2.45) is 17.8 Å². The van der Waals surface area contributed by atoms with Gasteiger partial charge in [0.15, 0.2) is 11.6 Å². The Hall–Kier alpha value is -2.31. The Morgan fingerprint density at radius 2 is 1.57 bits per heavy atom. The minimum Gasteiger partial charge on any atom is -0.480 e. The van der Waals surface area contributed by atoms with Crippen molar-refractivity contribution in [2.45, 2.75) is 64.8 Å². The van der Waals surface area contributed by atoms with E-state index in [4.69, 9.17) is 0 Å². The lowest BCUT2D eigenvalue weighted by atomic mass is 9.90. The first-order valence-corrected chi connectivity index (χ1v) is 13.9. The molecular weight excluding hydrogens is 470 g/mol. The number of carboxylic acid groups (broad SMARTS) is 1. The van der Waals surface area contributed by atoms with Gasteiger partial charge < -0.3 is 10.0 Å². The van der Waals surface area contributed by atoms with Gasteiger partial charge in [-0.25, -0.2) is 8.78 Å². The van der Waals surface area contributed by atoms with E-state index in [-0.39, 0.29) is 6.04 Å². The number of halogens is 2. The van der Waals surface area contributed by atoms with Gasteiger partial charge in [0, 0.05) is 13.1 Å². The van der Waals surface area contributed by atoms with Crippen molar-refractivity contribution in [3.63, 3.8) is 0 Å². The third-order valence-electron chi connectivity index (χ3n) is 7.69. The third kappa shape index (κ3) is 10.2. The normalized spacial score (nSPS) is 20.0. The second-order valence-corrected chi connectivity index (χ2v) is 11.2. The molecule has 204 valence electrons. The number of nitrogens with zero attached hydrogens (tertiary/aromatic N) is 2. The number of hydrogen-bond donors (Lipinski definition) is 1. The summed E-state index contributed by atoms with van der Waals surface area (Å²) < 4.78 is 26.4. The van der Waals surface area contributed by atoms with E-state index < -0.39 is 17.6 Å². The largest absolute Gasteiger partial charge is 0.480 e. The van der Waals surface area contributed by atoms with Gasteiger partial charge in [0.25, 0.3) is 0 Å². The average Bonchev–Trinajstić information content (AvgIpc) is 3.35. The highest BCUT2D eigenvalue weighted by molar-refractivity contribution is 5.73. The van der Waals surface area contributed by atoms with E-state index in [2.05, 4.69) is 23.6 Å². The number of rotatable bonds is 10. The van der Waals surface area contributed by atoms with E-state index in [9.17, 15) is 18.7 Å². The average molecular weight is 515 g/mol. The lowest BCUT2D eigenvalue weighted by Crippen LogP contribution is -2.42. The van der Waals surface area contributed by atoms with Crippen LogP contribution >= 0.6 is 0 Å². The maximum atomic E-state index is 13.3. The molecule has 2 saturated heterocycles. The van der Waals surface area contributed by atoms with Crippen molar-refractivity contribution in [3.05, 3.63) is 71.8 Å². The molecule has 2 unspecified atom stereocenters. The quantitative estimate of drug-likeness (QED) is 0.393. The molecule has 1 N–H and O–H groups in total. The highest BCUT2D eigenvalue weighted by atomic mass is 19.2. The molecule has 2 aromatic rings. The van der Waals surface area contributed by atoms with Gasteiger partial charge in [-0.3, -0.25) is 9.69 Å². The van der Waals surface area contributed by atoms with E-state index in [1.807, 2.05) is 36.4 Å². The summed E-state index contributed by atoms with van der Waals surface area (Å²) in [6, 6.07) is 15.9. The molecule has 0 aromatic heterocycles. The first-order valence-electron chi connectivity index (χ1n) is 13.9. The van der Waals surface area contributed by atoms with E-state index >= 15 is 0 Å². The minimum atomic E-state index is -0.778. The molecule has 2 heterocycles. The highest BCUT2D eigenvalue weighted by Gasteiger charge is 2.33. The summed E-state index contributed by atoms with van der Waals surface area (Å²) in [7, 11) is 0. The Balaban J connectivity index is 0.000000555. The van der Waals surface area contributed by atoms with Crippen LogP contribution in [0.5, 0.6) is 0 Å². The second-order valence-electron chi connectivity index (χ2n) is 11.2. The summed E-state index contributed by atoms with van der Waals surface area (Å²) >= 11 is 0. The Morgan fingerprint density at radius 3 is 2.14 bits per heavy atom. The fraction of sp³-hybridized carbons (Fsp3) is 0.581. The van der Waals surface area contributed by atoms with Crippen molar-refractivity contribution < 1.29 is 18.7 Å². The van der Waals surface area contributed by atoms with Crippen molar-refractivity contribution in [2.75, 3.05) is 32.7 Å². The summed E-state index contributed by atoms with van der Waals surface area (Å²) in [5, 5.41) is 9.60. The van der Waals surface area contributed by atoms with Gasteiger partial charge >= 0.3 is 5.97 Å². The number of carbonyl (C=O) groups is 1. The standard InChI is InChI=1S/C25H38F2N2O2.C6H6/c1-18(2)14-24(25(30)31)29-13-10-21(17-29)16-28-11-8-19(9-12-28)4-3-5-20-6-7-22(26)23(27)15-20;1-2-4-6-5-3-1/h6-7,15,18-19,21,24H,3-5,8-14,16-17H2,1-2H3,(H,30,31);1-6H. The predicted molar refractivity (Wildman–Crippen MR) is 145 cm³/mol. The van der Waals surface area contributed by atoms with Crippen LogP contribution in [0, 0.1) is 29.4 Å². The van der Waals surface area contributed by atoms with Crippen molar-refractivity contribution in [1.82, 2.24) is 9.80 Å². The zero-order valence-electron chi connectivity index (χ0n) is 22.5. The van der Waals surface area contributed by atoms with Crippen LogP contribution in [-0.2, 0) is 11.2 Å². The van der Waals surface area contributed by atoms with E-state index in [1.54, 1.807) is 6.07 Å². The Morgan fingerprint density at radius 1 is 0.946 bits per heavy atom. The van der Waals surface area contributed by atoms with Crippen LogP contribution in [0.15, 0.2) is 54.6 Å². The zero-order chi connectivity index (χ0) is 26.6. The second kappa shape index (κ2) is 15.2. The highest BCUT2D eigenvalue weighted by Crippen LogP contribution is 2.27. The number of aryl methyl sites for hydroxylation is 1. The first kappa shape index (κ1) is 29.2. The van der Waals surface area contributed by atoms with Crippen molar-refractivity contribution in [3.8, 4) is 0 Å². The van der Waals surface area contributed by atoms with Gasteiger partial charge in [-0.05, 0) is 93.6 Å². The molecule has 0 aliphatic carbocycles. The number of aliphatic carboxylic acids is 1. The predicted octanol–water partition coefficient (Wildman–Crippen LogP) is 6.51. The van der Waals surface area contributed by atoms with Crippen LogP contribution in [0.1, 0.15) is 57.9 Å². The molecule has 37 heavy (non-hydrogen) atoms. The van der Waals surface area contributed by atoms with E-state index in [0.29, 0.717) is 17.8 Å². The number of likely N-dealkylation sites (tertiary alicyclic amines) is 2. The molecule has 2 aliphatic heterocycles. The number of hydrogen-bond acceptors (Lipinski definition) is 3. The van der Waals surface area contributed by atoms with E-state index in [0.717, 1.165) is 70.4 Å². The Labute approximate surface area is 221 Å². The summed E-state index contributed by atoms with van der Waals surface area (Å²) in [6.45, 7) is 9.28. The first-order chi connectivity index (χ1) is 17.8. The monoisotopic (exact) mass is 514 g/mol. The molecule has 0 radical (unpaired) electrons. The van der Waals surface area contributed by atoms with Gasteiger partial charge in [-0.15, -0.1) is 0 Å². The molecule has 0 amide bonds. The maximum absolute atomic E-state index is 13.3. The topological polar surface area (TPSA) is 43.8 Å². The number of carboxylic acids is 1. The van der Waals surface area contributed by atoms with E-state index in [1.165, 1.54) is 25.0 Å². The lowest BCUT2D eigenvalue weighted by Gasteiger charge is -2.34. The van der Waals surface area contributed by atoms with Gasteiger partial charge in [0.1, 0.15) is 6.04 Å². The molecule has 6 heteroatoms. The SMILES string of the molecule is CC(C)CC(C(=O)O)N1CCC(CN2CCC(CCCc3ccc(F)c(F)c3)CC2)C1.c1ccccc1. The number of piperidine rings is 1. The van der Waals surface area contributed by atoms with Gasteiger partial charge in [0.05, 0.1) is 0 Å². The maximum Gasteiger partial charge on any atom is 0.320 e. The van der Waals surface area contributed by atoms with Crippen LogP contribution in [0.2, 0.25) is 0 Å². The molecule has 4 nitrogen and oxygen atoms in total. The zero-order valence-corrected chi connectivity index (χ0v) is 22.5. The van der Waals surface area contributed by atoms with Gasteiger partial charge in [-0.2, -0.15) is 0 Å². The summed E-state index contributed by atoms with van der Waals surface area (Å²) in [4.78, 5) is 16.4. The Kier molecular flexibility index (Phi) is 12.0. The summed E-state index contributed by atoms with van der Waals surface area (Å²) in [5.41, 5.74) is 0.874. The van der Waals surface area contributed by atoms with Gasteiger partial charge in [0.2, 0.25) is 0 Å². The van der Waals surface area contributed by atoms with Crippen molar-refractivity contribution in [1.29, 1.82) is 0 Å². The summed E-state index contributed by atoms with van der Waals surface area (Å²) in [6.07, 6.45) is 7.16. The van der Waals surface area contributed by atoms with Crippen LogP contribution < -0.4 is 0 Å². The fourth-order valence-corrected chi connectivity index (χ4v) is 5.65. The molecule has 2 aromatic carbocycles. The summed E-state index contributed by atoms with van der Waals surface area (Å²) in [5.74, 6) is -0.544. The molecule has 0 bridgehead atoms. The van der Waals surface area contributed by atoms with Gasteiger partial charge in [-0.1, -0.05) is 62.7 Å². The van der Waals surface area contributed by atoms with Crippen molar-refractivity contribution >= 4 is 5.97 Å². The molecule has 2 aliphatic rings. The third-order valence-corrected chi connectivity index (χ3v) is 7.69. The van der Waals surface area contributed by atoms with Crippen LogP contribution in [-0.4, -0.2) is 59.6 Å². The van der Waals surface area contributed by atoms with Crippen LogP contribution in [0.3, 0.4) is 0 Å². The fourth-order valence-electron chi connectivity index (χ4n) is 5.65. The molecular formula is C31H44F2N2O2. The smallest absolute Gasteiger partial charge is 0.320 e. The molecule has 2 fully saturated rings. The molecule has 2 atom stereocenters. The number of benzene rings is 2. The molecule has 0 saturated carbocycles. The van der Waals surface area contributed by atoms with Crippen LogP contribution in [0.4, 0.5) is 8.78 Å². The molecule has 4 rings (SSSR count). The Bertz CT molecular complexity index is 905. The molecule has 0 spiro atoms. The van der Waals surface area contributed by atoms with Crippen LogP contribution in [0.25, 0.3) is 0 Å². The minimum absolute atomic E-state index is 0.342. The lowest BCUT2D eigenvalue weighted by molar-refractivity contribution is -0.143.